The van der Waals surface area contributed by atoms with Gasteiger partial charge in [-0.1, -0.05) is 77.2 Å². The number of hydrogen-bond acceptors (Lipinski definition) is 4. The summed E-state index contributed by atoms with van der Waals surface area (Å²) in [6, 6.07) is 18.6. The SMILES string of the molecule is CC1(C(=O)NCc2ccccc2)Cn2nc(C(=O)O)cc2C(=O)N1Cc1ccccc1CI. The topological polar surface area (TPSA) is 105 Å². The number of hydrogen-bond donors (Lipinski definition) is 2. The maximum Gasteiger partial charge on any atom is 0.356 e. The Bertz CT molecular complexity index is 1210. The molecule has 33 heavy (non-hydrogen) atoms. The van der Waals surface area contributed by atoms with Crippen molar-refractivity contribution >= 4 is 40.4 Å². The molecule has 1 atom stereocenters. The van der Waals surface area contributed by atoms with E-state index >= 15 is 0 Å². The predicted octanol–water partition coefficient (Wildman–Crippen LogP) is 3.25. The van der Waals surface area contributed by atoms with Gasteiger partial charge in [-0.15, -0.1) is 0 Å². The van der Waals surface area contributed by atoms with E-state index in [9.17, 15) is 19.5 Å². The van der Waals surface area contributed by atoms with Crippen molar-refractivity contribution < 1.29 is 19.5 Å². The molecule has 2 amide bonds. The Morgan fingerprint density at radius 2 is 1.79 bits per heavy atom. The molecular formula is C24H23IN4O4. The van der Waals surface area contributed by atoms with E-state index in [4.69, 9.17) is 0 Å². The zero-order valence-electron chi connectivity index (χ0n) is 18.0. The molecule has 0 radical (unpaired) electrons. The van der Waals surface area contributed by atoms with Crippen LogP contribution in [0.4, 0.5) is 0 Å². The van der Waals surface area contributed by atoms with Crippen molar-refractivity contribution in [1.82, 2.24) is 20.0 Å². The summed E-state index contributed by atoms with van der Waals surface area (Å²) < 4.78 is 2.09. The second-order valence-corrected chi connectivity index (χ2v) is 8.88. The van der Waals surface area contributed by atoms with Gasteiger partial charge < -0.3 is 15.3 Å². The molecule has 1 aliphatic heterocycles. The Hall–Kier alpha value is -3.21. The number of nitrogens with one attached hydrogen (secondary N) is 1. The van der Waals surface area contributed by atoms with Gasteiger partial charge in [0.15, 0.2) is 5.69 Å². The normalized spacial score (nSPS) is 17.5. The van der Waals surface area contributed by atoms with Gasteiger partial charge in [0.25, 0.3) is 5.91 Å². The lowest BCUT2D eigenvalue weighted by atomic mass is 9.93. The zero-order chi connectivity index (χ0) is 23.6. The van der Waals surface area contributed by atoms with Gasteiger partial charge in [0.05, 0.1) is 6.54 Å². The lowest BCUT2D eigenvalue weighted by molar-refractivity contribution is -0.133. The summed E-state index contributed by atoms with van der Waals surface area (Å²) in [5.74, 6) is -1.98. The minimum absolute atomic E-state index is 0.0500. The predicted molar refractivity (Wildman–Crippen MR) is 130 cm³/mol. The third-order valence-corrected chi connectivity index (χ3v) is 6.71. The molecule has 1 unspecified atom stereocenters. The first-order valence-electron chi connectivity index (χ1n) is 10.4. The number of carbonyl (C=O) groups excluding carboxylic acids is 2. The number of fused-ring (bicyclic) bond motifs is 1. The Kier molecular flexibility index (Phi) is 6.50. The highest BCUT2D eigenvalue weighted by atomic mass is 127. The molecule has 4 rings (SSSR count). The van der Waals surface area contributed by atoms with Gasteiger partial charge in [-0.3, -0.25) is 14.3 Å². The Morgan fingerprint density at radius 3 is 2.45 bits per heavy atom. The van der Waals surface area contributed by atoms with E-state index in [1.807, 2.05) is 54.6 Å². The number of carboxylic acid groups (broad SMARTS) is 1. The summed E-state index contributed by atoms with van der Waals surface area (Å²) in [7, 11) is 0. The second kappa shape index (κ2) is 9.34. The van der Waals surface area contributed by atoms with Gasteiger partial charge in [-0.05, 0) is 23.6 Å². The summed E-state index contributed by atoms with van der Waals surface area (Å²) in [6.07, 6.45) is 0. The number of carboxylic acids is 1. The van der Waals surface area contributed by atoms with Crippen LogP contribution in [-0.4, -0.2) is 43.1 Å². The number of amides is 2. The quantitative estimate of drug-likeness (QED) is 0.343. The van der Waals surface area contributed by atoms with Crippen molar-refractivity contribution in [2.75, 3.05) is 0 Å². The summed E-state index contributed by atoms with van der Waals surface area (Å²) in [5.41, 5.74) is 1.62. The van der Waals surface area contributed by atoms with Crippen LogP contribution in [0.3, 0.4) is 0 Å². The second-order valence-electron chi connectivity index (χ2n) is 8.11. The minimum atomic E-state index is -1.26. The summed E-state index contributed by atoms with van der Waals surface area (Å²) in [6.45, 7) is 2.28. The smallest absolute Gasteiger partial charge is 0.356 e. The first kappa shape index (κ1) is 23.0. The number of halogens is 1. The largest absolute Gasteiger partial charge is 0.476 e. The molecule has 2 heterocycles. The molecule has 170 valence electrons. The molecular weight excluding hydrogens is 535 g/mol. The first-order valence-corrected chi connectivity index (χ1v) is 11.9. The molecule has 0 bridgehead atoms. The number of aromatic carboxylic acids is 1. The van der Waals surface area contributed by atoms with Crippen LogP contribution in [0.1, 0.15) is 44.6 Å². The standard InChI is InChI=1S/C24H23IN4O4/c1-24(23(33)26-13-16-7-3-2-4-8-16)15-29-20(11-19(27-29)22(31)32)21(30)28(24)14-18-10-6-5-9-17(18)12-25/h2-11H,12-15H2,1H3,(H,26,33)(H,31,32). The maximum atomic E-state index is 13.5. The Labute approximate surface area is 204 Å². The third-order valence-electron chi connectivity index (χ3n) is 5.89. The van der Waals surface area contributed by atoms with Gasteiger partial charge >= 0.3 is 5.97 Å². The molecule has 2 N–H and O–H groups in total. The summed E-state index contributed by atoms with van der Waals surface area (Å²) in [5, 5.41) is 16.4. The minimum Gasteiger partial charge on any atom is -0.476 e. The third kappa shape index (κ3) is 4.50. The number of alkyl halides is 1. The molecule has 9 heteroatoms. The monoisotopic (exact) mass is 558 g/mol. The van der Waals surface area contributed by atoms with Gasteiger partial charge in [0.1, 0.15) is 11.2 Å². The van der Waals surface area contributed by atoms with Crippen molar-refractivity contribution in [3.05, 3.63) is 88.7 Å². The molecule has 1 aliphatic rings. The van der Waals surface area contributed by atoms with Crippen molar-refractivity contribution in [2.24, 2.45) is 0 Å². The number of aromatic nitrogens is 2. The fourth-order valence-electron chi connectivity index (χ4n) is 3.98. The van der Waals surface area contributed by atoms with Gasteiger partial charge in [0.2, 0.25) is 5.91 Å². The lowest BCUT2D eigenvalue weighted by Gasteiger charge is -2.43. The molecule has 0 aliphatic carbocycles. The highest BCUT2D eigenvalue weighted by Crippen LogP contribution is 2.30. The average Bonchev–Trinajstić information content (AvgIpc) is 3.25. The van der Waals surface area contributed by atoms with Gasteiger partial charge in [-0.25, -0.2) is 4.79 Å². The zero-order valence-corrected chi connectivity index (χ0v) is 20.2. The number of carbonyl (C=O) groups is 3. The van der Waals surface area contributed by atoms with Crippen molar-refractivity contribution in [3.63, 3.8) is 0 Å². The van der Waals surface area contributed by atoms with Crippen molar-refractivity contribution in [2.45, 2.75) is 36.5 Å². The highest BCUT2D eigenvalue weighted by molar-refractivity contribution is 14.1. The maximum absolute atomic E-state index is 13.5. The van der Waals surface area contributed by atoms with E-state index in [2.05, 4.69) is 33.0 Å². The van der Waals surface area contributed by atoms with E-state index in [0.29, 0.717) is 6.54 Å². The average molecular weight is 558 g/mol. The van der Waals surface area contributed by atoms with Crippen LogP contribution in [0.15, 0.2) is 60.7 Å². The molecule has 0 fully saturated rings. The number of benzene rings is 2. The van der Waals surface area contributed by atoms with E-state index in [-0.39, 0.29) is 30.4 Å². The van der Waals surface area contributed by atoms with Crippen LogP contribution in [0, 0.1) is 0 Å². The Morgan fingerprint density at radius 1 is 1.12 bits per heavy atom. The lowest BCUT2D eigenvalue weighted by Crippen LogP contribution is -2.63. The van der Waals surface area contributed by atoms with Gasteiger partial charge in [0, 0.05) is 23.6 Å². The molecule has 0 saturated carbocycles. The fourth-order valence-corrected chi connectivity index (χ4v) is 4.72. The summed E-state index contributed by atoms with van der Waals surface area (Å²) >= 11 is 2.27. The van der Waals surface area contributed by atoms with E-state index in [0.717, 1.165) is 21.1 Å². The van der Waals surface area contributed by atoms with Crippen LogP contribution in [0.25, 0.3) is 0 Å². The van der Waals surface area contributed by atoms with Crippen LogP contribution < -0.4 is 5.32 Å². The molecule has 3 aromatic rings. The van der Waals surface area contributed by atoms with E-state index in [1.54, 1.807) is 6.92 Å². The first-order chi connectivity index (χ1) is 15.8. The summed E-state index contributed by atoms with van der Waals surface area (Å²) in [4.78, 5) is 40.0. The Balaban J connectivity index is 1.70. The fraction of sp³-hybridized carbons (Fsp3) is 0.250. The van der Waals surface area contributed by atoms with Crippen molar-refractivity contribution in [3.8, 4) is 0 Å². The number of rotatable bonds is 7. The highest BCUT2D eigenvalue weighted by Gasteiger charge is 2.48. The van der Waals surface area contributed by atoms with Crippen LogP contribution >= 0.6 is 22.6 Å². The molecule has 0 saturated heterocycles. The molecule has 8 nitrogen and oxygen atoms in total. The van der Waals surface area contributed by atoms with E-state index in [1.165, 1.54) is 15.6 Å². The van der Waals surface area contributed by atoms with Crippen molar-refractivity contribution in [1.29, 1.82) is 0 Å². The van der Waals surface area contributed by atoms with E-state index < -0.39 is 17.4 Å². The molecule has 0 spiro atoms. The molecule has 2 aromatic carbocycles. The number of nitrogens with zero attached hydrogens (tertiary/aromatic N) is 3. The van der Waals surface area contributed by atoms with Gasteiger partial charge in [-0.2, -0.15) is 5.10 Å². The molecule has 1 aromatic heterocycles. The van der Waals surface area contributed by atoms with Crippen LogP contribution in [0.2, 0.25) is 0 Å². The van der Waals surface area contributed by atoms with Crippen LogP contribution in [0.5, 0.6) is 0 Å². The van der Waals surface area contributed by atoms with Crippen LogP contribution in [-0.2, 0) is 28.9 Å².